The van der Waals surface area contributed by atoms with Gasteiger partial charge in [-0.05, 0) is 43.2 Å². The summed E-state index contributed by atoms with van der Waals surface area (Å²) in [5, 5.41) is 4.51. The van der Waals surface area contributed by atoms with Gasteiger partial charge in [-0.15, -0.1) is 0 Å². The average Bonchev–Trinajstić information content (AvgIpc) is 3.20. The quantitative estimate of drug-likeness (QED) is 0.900. The first kappa shape index (κ1) is 13.3. The van der Waals surface area contributed by atoms with Gasteiger partial charge >= 0.3 is 0 Å². The third-order valence-electron chi connectivity index (χ3n) is 4.20. The molecule has 104 valence electrons. The largest absolute Gasteiger partial charge is 0.370 e. The van der Waals surface area contributed by atoms with Crippen molar-refractivity contribution in [1.29, 1.82) is 0 Å². The molecule has 1 aliphatic heterocycles. The number of hydrogen-bond donors (Lipinski definition) is 1. The van der Waals surface area contributed by atoms with E-state index in [-0.39, 0.29) is 0 Å². The Morgan fingerprint density at radius 3 is 2.89 bits per heavy atom. The average molecular weight is 279 g/mol. The van der Waals surface area contributed by atoms with Crippen LogP contribution in [0, 0.1) is 5.92 Å². The highest BCUT2D eigenvalue weighted by molar-refractivity contribution is 6.33. The van der Waals surface area contributed by atoms with Crippen LogP contribution in [0.2, 0.25) is 5.02 Å². The maximum Gasteiger partial charge on any atom is 0.0642 e. The molecule has 0 amide bonds. The summed E-state index contributed by atoms with van der Waals surface area (Å²) in [6.45, 7) is 5.57. The summed E-state index contributed by atoms with van der Waals surface area (Å²) in [5.74, 6) is 0.772. The van der Waals surface area contributed by atoms with Crippen molar-refractivity contribution in [2.45, 2.75) is 45.2 Å². The Hall–Kier alpha value is -0.730. The molecule has 1 heterocycles. The topological polar surface area (TPSA) is 15.3 Å². The highest BCUT2D eigenvalue weighted by Gasteiger charge is 2.23. The highest BCUT2D eigenvalue weighted by Crippen LogP contribution is 2.33. The highest BCUT2D eigenvalue weighted by atomic mass is 35.5. The first-order valence-corrected chi connectivity index (χ1v) is 7.87. The van der Waals surface area contributed by atoms with E-state index in [1.54, 1.807) is 0 Å². The number of para-hydroxylation sites is 1. The fraction of sp³-hybridized carbons (Fsp3) is 0.625. The molecule has 19 heavy (non-hydrogen) atoms. The maximum absolute atomic E-state index is 6.47. The Balaban J connectivity index is 1.80. The van der Waals surface area contributed by atoms with E-state index >= 15 is 0 Å². The minimum absolute atomic E-state index is 0.743. The third-order valence-corrected chi connectivity index (χ3v) is 4.51. The van der Waals surface area contributed by atoms with Gasteiger partial charge in [-0.3, -0.25) is 0 Å². The SMILES string of the molecule is CC1CCCN(c2c(Cl)cccc2CNC2CC2)C1. The molecular weight excluding hydrogens is 256 g/mol. The second kappa shape index (κ2) is 5.72. The fourth-order valence-corrected chi connectivity index (χ4v) is 3.30. The van der Waals surface area contributed by atoms with Gasteiger partial charge in [0.15, 0.2) is 0 Å². The van der Waals surface area contributed by atoms with Crippen molar-refractivity contribution in [3.63, 3.8) is 0 Å². The maximum atomic E-state index is 6.47. The Morgan fingerprint density at radius 2 is 2.16 bits per heavy atom. The van der Waals surface area contributed by atoms with Crippen LogP contribution in [0.15, 0.2) is 18.2 Å². The second-order valence-electron chi connectivity index (χ2n) is 6.10. The van der Waals surface area contributed by atoms with Crippen LogP contribution in [0.4, 0.5) is 5.69 Å². The fourth-order valence-electron chi connectivity index (χ4n) is 2.99. The van der Waals surface area contributed by atoms with Crippen molar-refractivity contribution in [3.05, 3.63) is 28.8 Å². The van der Waals surface area contributed by atoms with Gasteiger partial charge in [-0.2, -0.15) is 0 Å². The molecule has 1 aliphatic carbocycles. The van der Waals surface area contributed by atoms with Gasteiger partial charge in [0, 0.05) is 25.7 Å². The van der Waals surface area contributed by atoms with Gasteiger partial charge in [0.1, 0.15) is 0 Å². The first-order valence-electron chi connectivity index (χ1n) is 7.50. The van der Waals surface area contributed by atoms with E-state index in [0.717, 1.165) is 36.6 Å². The zero-order valence-electron chi connectivity index (χ0n) is 11.7. The molecule has 3 rings (SSSR count). The van der Waals surface area contributed by atoms with Crippen molar-refractivity contribution in [3.8, 4) is 0 Å². The number of anilines is 1. The van der Waals surface area contributed by atoms with Gasteiger partial charge in [-0.25, -0.2) is 0 Å². The smallest absolute Gasteiger partial charge is 0.0642 e. The van der Waals surface area contributed by atoms with Gasteiger partial charge < -0.3 is 10.2 Å². The molecule has 1 aromatic carbocycles. The Bertz CT molecular complexity index is 442. The van der Waals surface area contributed by atoms with Crippen LogP contribution in [0.3, 0.4) is 0 Å². The molecule has 1 atom stereocenters. The molecule has 1 saturated carbocycles. The number of benzene rings is 1. The van der Waals surface area contributed by atoms with Crippen LogP contribution in [-0.2, 0) is 6.54 Å². The van der Waals surface area contributed by atoms with Crippen LogP contribution in [-0.4, -0.2) is 19.1 Å². The van der Waals surface area contributed by atoms with Crippen molar-refractivity contribution >= 4 is 17.3 Å². The van der Waals surface area contributed by atoms with Crippen molar-refractivity contribution in [2.75, 3.05) is 18.0 Å². The van der Waals surface area contributed by atoms with Crippen LogP contribution < -0.4 is 10.2 Å². The molecule has 2 nitrogen and oxygen atoms in total. The lowest BCUT2D eigenvalue weighted by atomic mass is 9.99. The lowest BCUT2D eigenvalue weighted by Crippen LogP contribution is -2.35. The van der Waals surface area contributed by atoms with Gasteiger partial charge in [0.25, 0.3) is 0 Å². The van der Waals surface area contributed by atoms with Crippen LogP contribution in [0.25, 0.3) is 0 Å². The van der Waals surface area contributed by atoms with Crippen molar-refractivity contribution < 1.29 is 0 Å². The minimum atomic E-state index is 0.743. The number of nitrogens with zero attached hydrogens (tertiary/aromatic N) is 1. The second-order valence-corrected chi connectivity index (χ2v) is 6.50. The predicted octanol–water partition coefficient (Wildman–Crippen LogP) is 3.83. The Labute approximate surface area is 121 Å². The number of piperidine rings is 1. The molecule has 1 unspecified atom stereocenters. The molecule has 0 radical (unpaired) electrons. The van der Waals surface area contributed by atoms with Gasteiger partial charge in [-0.1, -0.05) is 30.7 Å². The molecule has 1 N–H and O–H groups in total. The van der Waals surface area contributed by atoms with E-state index in [2.05, 4.69) is 29.3 Å². The van der Waals surface area contributed by atoms with Crippen molar-refractivity contribution in [2.24, 2.45) is 5.92 Å². The zero-order chi connectivity index (χ0) is 13.2. The molecule has 1 aromatic rings. The number of halogens is 1. The summed E-state index contributed by atoms with van der Waals surface area (Å²) in [7, 11) is 0. The predicted molar refractivity (Wildman–Crippen MR) is 81.9 cm³/mol. The molecule has 0 spiro atoms. The lowest BCUT2D eigenvalue weighted by Gasteiger charge is -2.34. The first-order chi connectivity index (χ1) is 9.24. The van der Waals surface area contributed by atoms with E-state index in [0.29, 0.717) is 0 Å². The molecule has 2 fully saturated rings. The molecular formula is C16H23ClN2. The van der Waals surface area contributed by atoms with Crippen LogP contribution in [0.1, 0.15) is 38.2 Å². The number of rotatable bonds is 4. The summed E-state index contributed by atoms with van der Waals surface area (Å²) in [6, 6.07) is 7.06. The summed E-state index contributed by atoms with van der Waals surface area (Å²) in [6.07, 6.45) is 5.28. The minimum Gasteiger partial charge on any atom is -0.370 e. The number of hydrogen-bond acceptors (Lipinski definition) is 2. The molecule has 2 aliphatic rings. The molecule has 3 heteroatoms. The van der Waals surface area contributed by atoms with Gasteiger partial charge in [0.2, 0.25) is 0 Å². The van der Waals surface area contributed by atoms with Gasteiger partial charge in [0.05, 0.1) is 10.7 Å². The summed E-state index contributed by atoms with van der Waals surface area (Å²) in [5.41, 5.74) is 2.62. The van der Waals surface area contributed by atoms with E-state index in [1.807, 2.05) is 6.07 Å². The van der Waals surface area contributed by atoms with E-state index in [4.69, 9.17) is 11.6 Å². The monoisotopic (exact) mass is 278 g/mol. The summed E-state index contributed by atoms with van der Waals surface area (Å²) < 4.78 is 0. The summed E-state index contributed by atoms with van der Waals surface area (Å²) >= 11 is 6.47. The Kier molecular flexibility index (Phi) is 3.99. The standard InChI is InChI=1S/C16H23ClN2/c1-12-4-3-9-19(11-12)16-13(5-2-6-15(16)17)10-18-14-7-8-14/h2,5-6,12,14,18H,3-4,7-11H2,1H3. The molecule has 0 aromatic heterocycles. The lowest BCUT2D eigenvalue weighted by molar-refractivity contribution is 0.446. The number of nitrogens with one attached hydrogen (secondary N) is 1. The Morgan fingerprint density at radius 1 is 1.32 bits per heavy atom. The zero-order valence-corrected chi connectivity index (χ0v) is 12.4. The molecule has 1 saturated heterocycles. The molecule has 0 bridgehead atoms. The van der Waals surface area contributed by atoms with E-state index in [1.165, 1.54) is 36.9 Å². The van der Waals surface area contributed by atoms with E-state index in [9.17, 15) is 0 Å². The van der Waals surface area contributed by atoms with Crippen molar-refractivity contribution in [1.82, 2.24) is 5.32 Å². The van der Waals surface area contributed by atoms with Crippen LogP contribution >= 0.6 is 11.6 Å². The third kappa shape index (κ3) is 3.24. The van der Waals surface area contributed by atoms with Crippen LogP contribution in [0.5, 0.6) is 0 Å². The summed E-state index contributed by atoms with van der Waals surface area (Å²) in [4.78, 5) is 2.49. The van der Waals surface area contributed by atoms with E-state index < -0.39 is 0 Å². The normalized spacial score (nSPS) is 23.7.